The molecule has 0 saturated carbocycles. The summed E-state index contributed by atoms with van der Waals surface area (Å²) >= 11 is 0. The van der Waals surface area contributed by atoms with E-state index < -0.39 is 8.32 Å². The topological polar surface area (TPSA) is 9.23 Å². The Balaban J connectivity index is 2.26. The zero-order valence-electron chi connectivity index (χ0n) is 15.1. The summed E-state index contributed by atoms with van der Waals surface area (Å²) < 4.78 is 6.72. The van der Waals surface area contributed by atoms with Gasteiger partial charge in [0, 0.05) is 6.10 Å². The Kier molecular flexibility index (Phi) is 10.7. The van der Waals surface area contributed by atoms with Crippen LogP contribution in [-0.2, 0) is 4.43 Å². The van der Waals surface area contributed by atoms with Gasteiger partial charge in [0.2, 0.25) is 0 Å². The number of hydrogen-bond acceptors (Lipinski definition) is 1. The molecule has 126 valence electrons. The van der Waals surface area contributed by atoms with Gasteiger partial charge in [0.05, 0.1) is 0 Å². The van der Waals surface area contributed by atoms with Gasteiger partial charge in [-0.25, -0.2) is 0 Å². The van der Waals surface area contributed by atoms with Gasteiger partial charge in [-0.15, -0.1) is 0 Å². The van der Waals surface area contributed by atoms with Gasteiger partial charge in [-0.3, -0.25) is 0 Å². The van der Waals surface area contributed by atoms with Crippen molar-refractivity contribution < 1.29 is 4.43 Å². The molecule has 1 aliphatic rings. The van der Waals surface area contributed by atoms with E-state index in [4.69, 9.17) is 4.43 Å². The van der Waals surface area contributed by atoms with E-state index in [2.05, 4.69) is 20.4 Å². The van der Waals surface area contributed by atoms with E-state index in [1.54, 1.807) is 0 Å². The van der Waals surface area contributed by atoms with Crippen molar-refractivity contribution in [1.82, 2.24) is 0 Å². The van der Waals surface area contributed by atoms with E-state index in [1.165, 1.54) is 95.6 Å². The first-order chi connectivity index (χ1) is 10.2. The van der Waals surface area contributed by atoms with E-state index in [-0.39, 0.29) is 0 Å². The monoisotopic (exact) mass is 312 g/mol. The lowest BCUT2D eigenvalue weighted by Gasteiger charge is -2.29. The van der Waals surface area contributed by atoms with E-state index in [0.717, 1.165) is 0 Å². The fourth-order valence-electron chi connectivity index (χ4n) is 3.68. The molecule has 1 unspecified atom stereocenters. The van der Waals surface area contributed by atoms with Crippen molar-refractivity contribution in [2.45, 2.75) is 122 Å². The quantitative estimate of drug-likeness (QED) is 0.261. The lowest BCUT2D eigenvalue weighted by molar-refractivity contribution is 0.162. The van der Waals surface area contributed by atoms with Gasteiger partial charge >= 0.3 is 0 Å². The molecule has 1 fully saturated rings. The van der Waals surface area contributed by atoms with E-state index in [0.29, 0.717) is 6.10 Å². The first-order valence-corrected chi connectivity index (χ1v) is 12.7. The van der Waals surface area contributed by atoms with Crippen LogP contribution in [0.15, 0.2) is 0 Å². The van der Waals surface area contributed by atoms with Crippen LogP contribution in [0.5, 0.6) is 0 Å². The Morgan fingerprint density at radius 2 is 1.24 bits per heavy atom. The van der Waals surface area contributed by atoms with E-state index in [1.807, 2.05) is 0 Å². The Morgan fingerprint density at radius 3 is 1.76 bits per heavy atom. The normalized spacial score (nSPS) is 19.0. The van der Waals surface area contributed by atoms with Crippen molar-refractivity contribution in [3.05, 3.63) is 0 Å². The summed E-state index contributed by atoms with van der Waals surface area (Å²) in [5.41, 5.74) is 0. The number of hydrogen-bond donors (Lipinski definition) is 0. The van der Waals surface area contributed by atoms with Gasteiger partial charge in [-0.1, -0.05) is 84.5 Å². The smallest absolute Gasteiger partial charge is 0.190 e. The zero-order valence-corrected chi connectivity index (χ0v) is 16.1. The molecule has 1 saturated heterocycles. The molecule has 0 aliphatic carbocycles. The molecule has 1 rings (SSSR count). The molecule has 21 heavy (non-hydrogen) atoms. The molecule has 0 amide bonds. The van der Waals surface area contributed by atoms with Gasteiger partial charge < -0.3 is 4.43 Å². The zero-order chi connectivity index (χ0) is 15.4. The predicted molar refractivity (Wildman–Crippen MR) is 97.5 cm³/mol. The summed E-state index contributed by atoms with van der Waals surface area (Å²) in [7, 11) is -1.29. The minimum Gasteiger partial charge on any atom is -0.414 e. The maximum absolute atomic E-state index is 6.72. The van der Waals surface area contributed by atoms with Crippen LogP contribution in [0.4, 0.5) is 0 Å². The third-order valence-electron chi connectivity index (χ3n) is 5.12. The van der Waals surface area contributed by atoms with Crippen molar-refractivity contribution >= 4 is 8.32 Å². The third kappa shape index (κ3) is 9.03. The Bertz CT molecular complexity index is 236. The number of rotatable bonds is 13. The molecule has 1 nitrogen and oxygen atoms in total. The lowest BCUT2D eigenvalue weighted by Crippen LogP contribution is -2.35. The highest BCUT2D eigenvalue weighted by atomic mass is 28.4. The molecule has 0 N–H and O–H groups in total. The summed E-state index contributed by atoms with van der Waals surface area (Å²) in [6.45, 7) is 7.09. The van der Waals surface area contributed by atoms with Gasteiger partial charge in [0.25, 0.3) is 0 Å². The van der Waals surface area contributed by atoms with Crippen LogP contribution >= 0.6 is 0 Å². The fourth-order valence-corrected chi connectivity index (χ4v) is 7.20. The second kappa shape index (κ2) is 11.7. The van der Waals surface area contributed by atoms with Crippen molar-refractivity contribution in [2.24, 2.45) is 0 Å². The third-order valence-corrected chi connectivity index (χ3v) is 8.85. The second-order valence-electron chi connectivity index (χ2n) is 7.45. The molecule has 0 aromatic heterocycles. The van der Waals surface area contributed by atoms with E-state index in [9.17, 15) is 0 Å². The highest BCUT2D eigenvalue weighted by Crippen LogP contribution is 2.33. The van der Waals surface area contributed by atoms with Crippen LogP contribution in [0.25, 0.3) is 0 Å². The molecule has 0 aromatic carbocycles. The van der Waals surface area contributed by atoms with Crippen molar-refractivity contribution in [3.8, 4) is 0 Å². The lowest BCUT2D eigenvalue weighted by atomic mass is 10.0. The van der Waals surface area contributed by atoms with E-state index >= 15 is 0 Å². The highest BCUT2D eigenvalue weighted by Gasteiger charge is 2.35. The first-order valence-electron chi connectivity index (χ1n) is 9.88. The minimum absolute atomic E-state index is 0.596. The van der Waals surface area contributed by atoms with Crippen LogP contribution in [-0.4, -0.2) is 14.4 Å². The van der Waals surface area contributed by atoms with Gasteiger partial charge in [0.15, 0.2) is 8.32 Å². The van der Waals surface area contributed by atoms with Crippen LogP contribution in [0, 0.1) is 0 Å². The van der Waals surface area contributed by atoms with Crippen molar-refractivity contribution in [1.29, 1.82) is 0 Å². The summed E-state index contributed by atoms with van der Waals surface area (Å²) in [6, 6.07) is 2.85. The Hall–Kier alpha value is 0.177. The molecule has 1 heterocycles. The van der Waals surface area contributed by atoms with Crippen LogP contribution in [0.3, 0.4) is 0 Å². The average Bonchev–Trinajstić information content (AvgIpc) is 2.89. The Labute approximate surface area is 135 Å². The van der Waals surface area contributed by atoms with Crippen LogP contribution < -0.4 is 0 Å². The van der Waals surface area contributed by atoms with Crippen LogP contribution in [0.2, 0.25) is 18.6 Å². The molecular weight excluding hydrogens is 272 g/mol. The maximum atomic E-state index is 6.72. The molecule has 2 heteroatoms. The molecule has 0 aromatic rings. The predicted octanol–water partition coefficient (Wildman–Crippen LogP) is 7.07. The number of unbranched alkanes of at least 4 members (excludes halogenated alkanes) is 7. The Morgan fingerprint density at radius 1 is 0.762 bits per heavy atom. The van der Waals surface area contributed by atoms with Gasteiger partial charge in [-0.2, -0.15) is 0 Å². The maximum Gasteiger partial charge on any atom is 0.190 e. The van der Waals surface area contributed by atoms with Crippen LogP contribution in [0.1, 0.15) is 97.3 Å². The molecule has 1 aliphatic heterocycles. The highest BCUT2D eigenvalue weighted by molar-refractivity contribution is 6.73. The molecule has 0 spiro atoms. The summed E-state index contributed by atoms with van der Waals surface area (Å²) in [5, 5.41) is 0. The standard InChI is InChI=1S/C19H40OSi/c1-4-6-8-10-12-16-19(15-11-9-7-5-2)20-21(3)17-13-14-18-21/h19H,4-18H2,1-3H3. The van der Waals surface area contributed by atoms with Gasteiger partial charge in [-0.05, 0) is 31.5 Å². The summed E-state index contributed by atoms with van der Waals surface area (Å²) in [5.74, 6) is 0. The summed E-state index contributed by atoms with van der Waals surface area (Å²) in [6.07, 6.45) is 18.7. The second-order valence-corrected chi connectivity index (χ2v) is 11.6. The average molecular weight is 313 g/mol. The SMILES string of the molecule is CCCCCCCC(CCCCCC)O[Si]1(C)CCCC1. The summed E-state index contributed by atoms with van der Waals surface area (Å²) in [4.78, 5) is 0. The molecular formula is C19H40OSi. The van der Waals surface area contributed by atoms with Crippen molar-refractivity contribution in [3.63, 3.8) is 0 Å². The largest absolute Gasteiger partial charge is 0.414 e. The first kappa shape index (κ1) is 19.2. The van der Waals surface area contributed by atoms with Crippen molar-refractivity contribution in [2.75, 3.05) is 0 Å². The van der Waals surface area contributed by atoms with Gasteiger partial charge in [0.1, 0.15) is 0 Å². The molecule has 1 atom stereocenters. The minimum atomic E-state index is -1.29. The fraction of sp³-hybridized carbons (Fsp3) is 1.00. The molecule has 0 radical (unpaired) electrons. The molecule has 0 bridgehead atoms.